The van der Waals surface area contributed by atoms with Crippen LogP contribution >= 0.6 is 35.0 Å². The Hall–Kier alpha value is -2.96. The van der Waals surface area contributed by atoms with Crippen LogP contribution in [0.25, 0.3) is 0 Å². The minimum absolute atomic E-state index is 0.0101. The molecule has 174 valence electrons. The van der Waals surface area contributed by atoms with E-state index in [2.05, 4.69) is 26.8 Å². The highest BCUT2D eigenvalue weighted by atomic mass is 35.5. The Morgan fingerprint density at radius 1 is 1.09 bits per heavy atom. The average molecular weight is 531 g/mol. The lowest BCUT2D eigenvalue weighted by molar-refractivity contribution is 0.595. The van der Waals surface area contributed by atoms with Crippen molar-refractivity contribution in [2.75, 3.05) is 0 Å². The van der Waals surface area contributed by atoms with Gasteiger partial charge in [0.25, 0.3) is 10.0 Å². The molecule has 0 bridgehead atoms. The number of sulfonamides is 1. The molecule has 0 atom stereocenters. The molecular weight excluding hydrogens is 511 g/mol. The Morgan fingerprint density at radius 2 is 1.79 bits per heavy atom. The molecule has 3 aromatic carbocycles. The Bertz CT molecular complexity index is 1400. The van der Waals surface area contributed by atoms with Crippen LogP contribution in [-0.4, -0.2) is 20.6 Å². The van der Waals surface area contributed by atoms with E-state index in [1.165, 1.54) is 24.0 Å². The number of nitrogens with zero attached hydrogens (tertiary/aromatic N) is 2. The smallest absolute Gasteiger partial charge is 0.286 e. The Morgan fingerprint density at radius 3 is 2.53 bits per heavy atom. The number of guanidine groups is 1. The molecule has 0 saturated heterocycles. The highest BCUT2D eigenvalue weighted by Gasteiger charge is 2.21. The van der Waals surface area contributed by atoms with E-state index in [0.717, 1.165) is 11.1 Å². The van der Waals surface area contributed by atoms with E-state index in [1.54, 1.807) is 19.1 Å². The fourth-order valence-electron chi connectivity index (χ4n) is 2.69. The maximum atomic E-state index is 13.0. The lowest BCUT2D eigenvalue weighted by Crippen LogP contribution is -2.28. The number of halogens is 2. The summed E-state index contributed by atoms with van der Waals surface area (Å²) in [5, 5.41) is 4.83. The third kappa shape index (κ3) is 7.27. The van der Waals surface area contributed by atoms with Gasteiger partial charge in [0, 0.05) is 26.3 Å². The summed E-state index contributed by atoms with van der Waals surface area (Å²) in [6.45, 7) is 1.71. The van der Waals surface area contributed by atoms with Crippen LogP contribution in [0.15, 0.2) is 86.0 Å². The lowest BCUT2D eigenvalue weighted by Gasteiger charge is -2.11. The molecule has 0 spiro atoms. The van der Waals surface area contributed by atoms with Crippen molar-refractivity contribution in [3.63, 3.8) is 0 Å². The average Bonchev–Trinajstić information content (AvgIpc) is 2.80. The van der Waals surface area contributed by atoms with Crippen molar-refractivity contribution in [2.24, 2.45) is 15.2 Å². The lowest BCUT2D eigenvalue weighted by atomic mass is 10.2. The summed E-state index contributed by atoms with van der Waals surface area (Å²) in [6, 6.07) is 19.7. The Kier molecular flexibility index (Phi) is 9.02. The summed E-state index contributed by atoms with van der Waals surface area (Å²) in [7, 11) is -4.15. The van der Waals surface area contributed by atoms with Gasteiger partial charge in [0.15, 0.2) is 0 Å². The molecule has 0 aliphatic heterocycles. The van der Waals surface area contributed by atoms with Gasteiger partial charge < -0.3 is 5.73 Å². The first-order valence-electron chi connectivity index (χ1n) is 9.87. The number of nitrogens with one attached hydrogen (secondary N) is 1. The second-order valence-corrected chi connectivity index (χ2v) is 10.3. The predicted octanol–water partition coefficient (Wildman–Crippen LogP) is 5.22. The first-order valence-corrected chi connectivity index (χ1v) is 13.1. The maximum Gasteiger partial charge on any atom is 0.286 e. The number of hydrogen-bond donors (Lipinski definition) is 2. The molecule has 3 rings (SSSR count). The van der Waals surface area contributed by atoms with E-state index >= 15 is 0 Å². The van der Waals surface area contributed by atoms with Gasteiger partial charge in [-0.25, -0.2) is 5.43 Å². The highest BCUT2D eigenvalue weighted by molar-refractivity contribution is 7.99. The number of nitrogens with two attached hydrogens (primary N) is 1. The zero-order valence-electron chi connectivity index (χ0n) is 18.0. The normalized spacial score (nSPS) is 11.8. The van der Waals surface area contributed by atoms with E-state index in [-0.39, 0.29) is 4.90 Å². The van der Waals surface area contributed by atoms with Gasteiger partial charge in [0.2, 0.25) is 5.96 Å². The van der Waals surface area contributed by atoms with Gasteiger partial charge in [-0.1, -0.05) is 65.5 Å². The molecule has 3 aromatic rings. The number of hydrogen-bond acceptors (Lipinski definition) is 4. The summed E-state index contributed by atoms with van der Waals surface area (Å²) < 4.78 is 29.7. The van der Waals surface area contributed by atoms with Crippen molar-refractivity contribution >= 4 is 57.2 Å². The van der Waals surface area contributed by atoms with Crippen molar-refractivity contribution in [1.29, 1.82) is 0 Å². The number of benzene rings is 3. The molecule has 0 saturated carbocycles. The molecular formula is C24H20Cl2N4O2S2. The largest absolute Gasteiger partial charge is 0.368 e. The minimum Gasteiger partial charge on any atom is -0.368 e. The van der Waals surface area contributed by atoms with Crippen LogP contribution < -0.4 is 11.2 Å². The molecule has 0 aliphatic rings. The van der Waals surface area contributed by atoms with Crippen LogP contribution in [0.1, 0.15) is 16.7 Å². The van der Waals surface area contributed by atoms with E-state index in [4.69, 9.17) is 28.9 Å². The van der Waals surface area contributed by atoms with E-state index in [9.17, 15) is 8.42 Å². The monoisotopic (exact) mass is 530 g/mol. The van der Waals surface area contributed by atoms with E-state index in [1.807, 2.05) is 48.5 Å². The molecule has 34 heavy (non-hydrogen) atoms. The summed E-state index contributed by atoms with van der Waals surface area (Å²) in [5.41, 5.74) is 10.4. The summed E-state index contributed by atoms with van der Waals surface area (Å²) in [5.74, 6) is 5.65. The number of aryl methyl sites for hydroxylation is 1. The van der Waals surface area contributed by atoms with Crippen LogP contribution in [0.4, 0.5) is 0 Å². The predicted molar refractivity (Wildman–Crippen MR) is 141 cm³/mol. The van der Waals surface area contributed by atoms with Crippen LogP contribution in [0, 0.1) is 18.8 Å². The van der Waals surface area contributed by atoms with E-state index in [0.29, 0.717) is 26.3 Å². The van der Waals surface area contributed by atoms with Crippen molar-refractivity contribution in [3.8, 4) is 11.8 Å². The Balaban J connectivity index is 1.78. The van der Waals surface area contributed by atoms with Gasteiger partial charge in [-0.3, -0.25) is 0 Å². The molecule has 0 radical (unpaired) electrons. The molecule has 0 aliphatic carbocycles. The first kappa shape index (κ1) is 25.7. The number of rotatable bonds is 6. The van der Waals surface area contributed by atoms with Crippen molar-refractivity contribution in [3.05, 3.63) is 93.5 Å². The second kappa shape index (κ2) is 12.0. The SMILES string of the molecule is Cc1cc(S(=O)(=O)N=C(N)N/N=C/C#Cc2ccccc2)c(SCc2ccccc2Cl)cc1Cl. The van der Waals surface area contributed by atoms with E-state index < -0.39 is 16.0 Å². The quantitative estimate of drug-likeness (QED) is 0.149. The third-order valence-electron chi connectivity index (χ3n) is 4.36. The van der Waals surface area contributed by atoms with Gasteiger partial charge in [-0.2, -0.15) is 13.5 Å². The van der Waals surface area contributed by atoms with Crippen molar-refractivity contribution in [1.82, 2.24) is 5.43 Å². The molecule has 0 aromatic heterocycles. The zero-order chi connectivity index (χ0) is 24.6. The first-order chi connectivity index (χ1) is 16.3. The zero-order valence-corrected chi connectivity index (χ0v) is 21.1. The molecule has 0 fully saturated rings. The van der Waals surface area contributed by atoms with Gasteiger partial charge >= 0.3 is 0 Å². The molecule has 0 amide bonds. The molecule has 10 heteroatoms. The summed E-state index contributed by atoms with van der Waals surface area (Å²) in [4.78, 5) is 0.424. The standard InChI is InChI=1S/C24H20Cl2N4O2S2/c1-17-14-23(22(15-21(17)26)33-16-19-11-5-6-12-20(19)25)34(31,32)30-24(27)29-28-13-7-10-18-8-3-2-4-9-18/h2-6,8-9,11-15H,16H2,1H3,(H3,27,29,30)/b28-13+. The number of thioether (sulfide) groups is 1. The van der Waals surface area contributed by atoms with Gasteiger partial charge in [-0.05, 0) is 54.3 Å². The molecule has 0 heterocycles. The van der Waals surface area contributed by atoms with Crippen LogP contribution in [0.3, 0.4) is 0 Å². The topological polar surface area (TPSA) is 96.9 Å². The second-order valence-electron chi connectivity index (χ2n) is 6.89. The minimum atomic E-state index is -4.15. The highest BCUT2D eigenvalue weighted by Crippen LogP contribution is 2.35. The fourth-order valence-corrected chi connectivity index (χ4v) is 5.69. The fraction of sp³-hybridized carbons (Fsp3) is 0.0833. The molecule has 0 unspecified atom stereocenters. The summed E-state index contributed by atoms with van der Waals surface area (Å²) >= 11 is 13.8. The van der Waals surface area contributed by atoms with Crippen LogP contribution in [0.5, 0.6) is 0 Å². The molecule has 3 N–H and O–H groups in total. The molecule has 6 nitrogen and oxygen atoms in total. The van der Waals surface area contributed by atoms with Crippen molar-refractivity contribution in [2.45, 2.75) is 22.5 Å². The summed E-state index contributed by atoms with van der Waals surface area (Å²) in [6.07, 6.45) is 1.26. The Labute approximate surface area is 213 Å². The van der Waals surface area contributed by atoms with Gasteiger partial charge in [0.1, 0.15) is 4.90 Å². The van der Waals surface area contributed by atoms with Gasteiger partial charge in [-0.15, -0.1) is 16.2 Å². The van der Waals surface area contributed by atoms with Crippen molar-refractivity contribution < 1.29 is 8.42 Å². The third-order valence-corrected chi connectivity index (χ3v) is 7.70. The van der Waals surface area contributed by atoms with Crippen LogP contribution in [0.2, 0.25) is 10.0 Å². The van der Waals surface area contributed by atoms with Gasteiger partial charge in [0.05, 0.1) is 6.21 Å². The van der Waals surface area contributed by atoms with Crippen LogP contribution in [-0.2, 0) is 15.8 Å². The maximum absolute atomic E-state index is 13.0. The number of hydrazone groups is 1.